The third kappa shape index (κ3) is 1.36. The normalized spacial score (nSPS) is 33.6. The van der Waals surface area contributed by atoms with Gasteiger partial charge in [0.2, 0.25) is 9.05 Å². The largest absolute Gasteiger partial charge is 0.381 e. The highest BCUT2D eigenvalue weighted by atomic mass is 35.7. The summed E-state index contributed by atoms with van der Waals surface area (Å²) in [6.07, 6.45) is 2.44. The minimum Gasteiger partial charge on any atom is -0.381 e. The molecule has 2 fully saturated rings. The first kappa shape index (κ1) is 8.78. The zero-order valence-corrected chi connectivity index (χ0v) is 8.20. The van der Waals surface area contributed by atoms with Crippen LogP contribution >= 0.6 is 10.7 Å². The van der Waals surface area contributed by atoms with Crippen molar-refractivity contribution in [2.75, 3.05) is 13.2 Å². The maximum Gasteiger partial charge on any atom is 0.236 e. The van der Waals surface area contributed by atoms with Crippen LogP contribution in [0, 0.1) is 5.41 Å². The molecule has 70 valence electrons. The van der Waals surface area contributed by atoms with E-state index < -0.39 is 9.05 Å². The smallest absolute Gasteiger partial charge is 0.236 e. The Hall–Kier alpha value is 0.200. The maximum atomic E-state index is 11.0. The fraction of sp³-hybridized carbons (Fsp3) is 1.00. The van der Waals surface area contributed by atoms with Crippen LogP contribution in [0.5, 0.6) is 0 Å². The Morgan fingerprint density at radius 1 is 1.33 bits per heavy atom. The lowest BCUT2D eigenvalue weighted by Crippen LogP contribution is -2.21. The quantitative estimate of drug-likeness (QED) is 0.610. The first-order chi connectivity index (χ1) is 5.55. The summed E-state index contributed by atoms with van der Waals surface area (Å²) in [4.78, 5) is 0. The van der Waals surface area contributed by atoms with Gasteiger partial charge in [-0.15, -0.1) is 0 Å². The maximum absolute atomic E-state index is 11.0. The molecule has 2 aliphatic rings. The highest BCUT2D eigenvalue weighted by molar-refractivity contribution is 8.14. The van der Waals surface area contributed by atoms with Crippen molar-refractivity contribution in [3.8, 4) is 0 Å². The van der Waals surface area contributed by atoms with E-state index >= 15 is 0 Å². The minimum atomic E-state index is -3.32. The van der Waals surface area contributed by atoms with E-state index in [4.69, 9.17) is 15.4 Å². The molecule has 0 amide bonds. The van der Waals surface area contributed by atoms with Crippen LogP contribution in [-0.2, 0) is 13.8 Å². The second-order valence-corrected chi connectivity index (χ2v) is 6.45. The summed E-state index contributed by atoms with van der Waals surface area (Å²) in [6.45, 7) is 1.37. The highest BCUT2D eigenvalue weighted by Gasteiger charge is 2.60. The van der Waals surface area contributed by atoms with E-state index in [1.165, 1.54) is 0 Å². The molecule has 1 heterocycles. The van der Waals surface area contributed by atoms with Gasteiger partial charge in [0.1, 0.15) is 0 Å². The lowest BCUT2D eigenvalue weighted by atomic mass is 9.97. The van der Waals surface area contributed by atoms with Crippen LogP contribution in [0.3, 0.4) is 0 Å². The highest BCUT2D eigenvalue weighted by Crippen LogP contribution is 2.58. The summed E-state index contributed by atoms with van der Waals surface area (Å²) in [5.41, 5.74) is -0.0150. The molecule has 1 spiro atoms. The standard InChI is InChI=1S/C7H11ClO3S/c8-12(9,10)6-5-7(6)1-3-11-4-2-7/h6H,1-5H2. The van der Waals surface area contributed by atoms with Crippen molar-refractivity contribution in [1.82, 2.24) is 0 Å². The molecule has 3 nitrogen and oxygen atoms in total. The monoisotopic (exact) mass is 210 g/mol. The Balaban J connectivity index is 2.09. The van der Waals surface area contributed by atoms with Gasteiger partial charge < -0.3 is 4.74 Å². The Bertz CT molecular complexity index is 279. The molecule has 1 saturated heterocycles. The Kier molecular flexibility index (Phi) is 1.90. The Morgan fingerprint density at radius 2 is 1.92 bits per heavy atom. The van der Waals surface area contributed by atoms with Gasteiger partial charge in [-0.25, -0.2) is 8.42 Å². The van der Waals surface area contributed by atoms with Crippen molar-refractivity contribution >= 4 is 19.7 Å². The lowest BCUT2D eigenvalue weighted by Gasteiger charge is -2.21. The van der Waals surface area contributed by atoms with E-state index in [2.05, 4.69) is 0 Å². The summed E-state index contributed by atoms with van der Waals surface area (Å²) < 4.78 is 27.2. The fourth-order valence-electron chi connectivity index (χ4n) is 2.01. The molecule has 0 bridgehead atoms. The molecule has 0 aromatic rings. The summed E-state index contributed by atoms with van der Waals surface area (Å²) >= 11 is 0. The first-order valence-electron chi connectivity index (χ1n) is 4.06. The van der Waals surface area contributed by atoms with Gasteiger partial charge in [0, 0.05) is 23.9 Å². The zero-order valence-electron chi connectivity index (χ0n) is 6.62. The van der Waals surface area contributed by atoms with Gasteiger partial charge in [-0.1, -0.05) is 0 Å². The van der Waals surface area contributed by atoms with Crippen molar-refractivity contribution in [2.24, 2.45) is 5.41 Å². The molecule has 1 saturated carbocycles. The average Bonchev–Trinajstić information content (AvgIpc) is 2.65. The predicted octanol–water partition coefficient (Wildman–Crippen LogP) is 1.12. The predicted molar refractivity (Wildman–Crippen MR) is 45.7 cm³/mol. The van der Waals surface area contributed by atoms with Crippen molar-refractivity contribution in [1.29, 1.82) is 0 Å². The summed E-state index contributed by atoms with van der Waals surface area (Å²) in [6, 6.07) is 0. The third-order valence-corrected chi connectivity index (χ3v) is 4.93. The van der Waals surface area contributed by atoms with Gasteiger partial charge in [-0.3, -0.25) is 0 Å². The van der Waals surface area contributed by atoms with E-state index in [0.29, 0.717) is 13.2 Å². The summed E-state index contributed by atoms with van der Waals surface area (Å²) in [7, 11) is 1.96. The Labute approximate surface area is 76.5 Å². The molecular weight excluding hydrogens is 200 g/mol. The van der Waals surface area contributed by atoms with E-state index in [1.807, 2.05) is 0 Å². The van der Waals surface area contributed by atoms with Crippen molar-refractivity contribution in [3.05, 3.63) is 0 Å². The molecule has 12 heavy (non-hydrogen) atoms. The molecule has 0 aromatic heterocycles. The molecular formula is C7H11ClO3S. The number of hydrogen-bond acceptors (Lipinski definition) is 3. The molecule has 1 atom stereocenters. The van der Waals surface area contributed by atoms with E-state index in [1.54, 1.807) is 0 Å². The van der Waals surface area contributed by atoms with Crippen LogP contribution < -0.4 is 0 Å². The molecule has 5 heteroatoms. The van der Waals surface area contributed by atoms with Crippen molar-refractivity contribution in [2.45, 2.75) is 24.5 Å². The summed E-state index contributed by atoms with van der Waals surface area (Å²) in [5.74, 6) is 0. The molecule has 2 rings (SSSR count). The second-order valence-electron chi connectivity index (χ2n) is 3.64. The molecule has 0 radical (unpaired) electrons. The van der Waals surface area contributed by atoms with Gasteiger partial charge >= 0.3 is 0 Å². The van der Waals surface area contributed by atoms with E-state index in [9.17, 15) is 8.42 Å². The van der Waals surface area contributed by atoms with Gasteiger partial charge in [0.15, 0.2) is 0 Å². The topological polar surface area (TPSA) is 43.4 Å². The number of hydrogen-bond donors (Lipinski definition) is 0. The molecule has 0 N–H and O–H groups in total. The molecule has 1 aliphatic heterocycles. The Morgan fingerprint density at radius 3 is 2.33 bits per heavy atom. The van der Waals surface area contributed by atoms with Gasteiger partial charge in [0.05, 0.1) is 5.25 Å². The SMILES string of the molecule is O=S(=O)(Cl)C1CC12CCOCC2. The van der Waals surface area contributed by atoms with Gasteiger partial charge in [-0.05, 0) is 24.7 Å². The van der Waals surface area contributed by atoms with Crippen LogP contribution in [-0.4, -0.2) is 26.9 Å². The van der Waals surface area contributed by atoms with E-state index in [-0.39, 0.29) is 10.7 Å². The van der Waals surface area contributed by atoms with Crippen LogP contribution in [0.25, 0.3) is 0 Å². The first-order valence-corrected chi connectivity index (χ1v) is 6.43. The zero-order chi connectivity index (χ0) is 8.82. The number of halogens is 1. The van der Waals surface area contributed by atoms with Crippen LogP contribution in [0.1, 0.15) is 19.3 Å². The minimum absolute atomic E-state index is 0.0150. The molecule has 1 unspecified atom stereocenters. The number of rotatable bonds is 1. The van der Waals surface area contributed by atoms with Crippen molar-refractivity contribution < 1.29 is 13.2 Å². The lowest BCUT2D eigenvalue weighted by molar-refractivity contribution is 0.0583. The number of ether oxygens (including phenoxy) is 1. The van der Waals surface area contributed by atoms with Gasteiger partial charge in [0.25, 0.3) is 0 Å². The van der Waals surface area contributed by atoms with E-state index in [0.717, 1.165) is 19.3 Å². The third-order valence-electron chi connectivity index (χ3n) is 2.94. The molecule has 0 aromatic carbocycles. The van der Waals surface area contributed by atoms with Crippen LogP contribution in [0.2, 0.25) is 0 Å². The van der Waals surface area contributed by atoms with Crippen molar-refractivity contribution in [3.63, 3.8) is 0 Å². The van der Waals surface area contributed by atoms with Gasteiger partial charge in [-0.2, -0.15) is 0 Å². The fourth-order valence-corrected chi connectivity index (χ4v) is 4.13. The molecule has 1 aliphatic carbocycles. The second kappa shape index (κ2) is 2.59. The average molecular weight is 211 g/mol. The van der Waals surface area contributed by atoms with Crippen LogP contribution in [0.15, 0.2) is 0 Å². The van der Waals surface area contributed by atoms with Crippen LogP contribution in [0.4, 0.5) is 0 Å². The summed E-state index contributed by atoms with van der Waals surface area (Å²) in [5, 5.41) is -0.296.